The number of ether oxygens (including phenoxy) is 2. The van der Waals surface area contributed by atoms with Crippen molar-refractivity contribution in [2.45, 2.75) is 129 Å². The third-order valence-corrected chi connectivity index (χ3v) is 12.5. The standard InChI is InChI=1S/C32H50N2O5Si/c1-30(2,3)38-29(36)34-25(23-24-17-12-11-13-18-24)28(37-32(34,7)8)26(39-40(9,10)31(4,5)6)19-16-22-33-21-15-14-20-27(33)35/h11-15,17-18,20-21,25-26,28H,16,19,22-23H2,1-10H3. The SMILES string of the molecule is CC(C)(C)OC(=O)N1C(Cc2ccccc2)C(C(CCCn2ccccc2=O)O[Si](C)(C)C(C)(C)C)OC1(C)C. The van der Waals surface area contributed by atoms with Crippen LogP contribution in [0.3, 0.4) is 0 Å². The highest BCUT2D eigenvalue weighted by molar-refractivity contribution is 6.74. The van der Waals surface area contributed by atoms with Gasteiger partial charge in [-0.2, -0.15) is 0 Å². The van der Waals surface area contributed by atoms with Gasteiger partial charge in [0.15, 0.2) is 8.32 Å². The van der Waals surface area contributed by atoms with Gasteiger partial charge in [0.1, 0.15) is 17.4 Å². The van der Waals surface area contributed by atoms with Crippen molar-refractivity contribution in [1.82, 2.24) is 9.47 Å². The Morgan fingerprint density at radius 2 is 1.65 bits per heavy atom. The van der Waals surface area contributed by atoms with Gasteiger partial charge in [0.25, 0.3) is 0 Å². The van der Waals surface area contributed by atoms with Crippen LogP contribution in [0.15, 0.2) is 59.5 Å². The molecular formula is C32H50N2O5Si. The molecule has 0 spiro atoms. The highest BCUT2D eigenvalue weighted by Gasteiger charge is 2.54. The molecule has 1 aromatic carbocycles. The maximum atomic E-state index is 13.7. The van der Waals surface area contributed by atoms with Gasteiger partial charge in [0.05, 0.1) is 12.1 Å². The van der Waals surface area contributed by atoms with Crippen LogP contribution >= 0.6 is 0 Å². The van der Waals surface area contributed by atoms with E-state index in [2.05, 4.69) is 46.0 Å². The highest BCUT2D eigenvalue weighted by atomic mass is 28.4. The molecule has 1 saturated heterocycles. The number of hydrogen-bond acceptors (Lipinski definition) is 5. The van der Waals surface area contributed by atoms with Crippen molar-refractivity contribution in [2.75, 3.05) is 0 Å². The lowest BCUT2D eigenvalue weighted by molar-refractivity contribution is -0.102. The van der Waals surface area contributed by atoms with E-state index < -0.39 is 19.6 Å². The Balaban J connectivity index is 2.00. The van der Waals surface area contributed by atoms with Gasteiger partial charge in [0.2, 0.25) is 5.56 Å². The number of carbonyl (C=O) groups is 1. The van der Waals surface area contributed by atoms with Gasteiger partial charge >= 0.3 is 6.09 Å². The zero-order chi connectivity index (χ0) is 29.9. The van der Waals surface area contributed by atoms with E-state index in [1.165, 1.54) is 0 Å². The Morgan fingerprint density at radius 1 is 1.02 bits per heavy atom. The Bertz CT molecular complexity index is 1180. The van der Waals surface area contributed by atoms with Crippen LogP contribution in [0.5, 0.6) is 0 Å². The van der Waals surface area contributed by atoms with Crippen LogP contribution < -0.4 is 5.56 Å². The molecule has 2 heterocycles. The van der Waals surface area contributed by atoms with E-state index in [4.69, 9.17) is 13.9 Å². The first-order valence-electron chi connectivity index (χ1n) is 14.5. The van der Waals surface area contributed by atoms with Gasteiger partial charge < -0.3 is 18.5 Å². The van der Waals surface area contributed by atoms with E-state index in [-0.39, 0.29) is 34.9 Å². The summed E-state index contributed by atoms with van der Waals surface area (Å²) >= 11 is 0. The van der Waals surface area contributed by atoms with Crippen molar-refractivity contribution >= 4 is 14.4 Å². The summed E-state index contributed by atoms with van der Waals surface area (Å²) in [6.07, 6.45) is 2.86. The minimum atomic E-state index is -2.21. The van der Waals surface area contributed by atoms with Crippen molar-refractivity contribution in [2.24, 2.45) is 0 Å². The van der Waals surface area contributed by atoms with E-state index in [1.807, 2.05) is 65.1 Å². The number of nitrogens with zero attached hydrogens (tertiary/aromatic N) is 2. The number of carbonyl (C=O) groups excluding carboxylic acids is 1. The van der Waals surface area contributed by atoms with E-state index >= 15 is 0 Å². The summed E-state index contributed by atoms with van der Waals surface area (Å²) in [6.45, 7) is 21.3. The molecule has 3 rings (SSSR count). The van der Waals surface area contributed by atoms with E-state index in [1.54, 1.807) is 21.6 Å². The monoisotopic (exact) mass is 570 g/mol. The van der Waals surface area contributed by atoms with Gasteiger partial charge in [-0.1, -0.05) is 57.2 Å². The second-order valence-corrected chi connectivity index (χ2v) is 18.7. The summed E-state index contributed by atoms with van der Waals surface area (Å²) in [5.74, 6) is 0. The van der Waals surface area contributed by atoms with Crippen molar-refractivity contribution in [3.8, 4) is 0 Å². The van der Waals surface area contributed by atoms with E-state index in [9.17, 15) is 9.59 Å². The van der Waals surface area contributed by atoms with Crippen LogP contribution in [-0.2, 0) is 26.9 Å². The Hall–Kier alpha value is -2.42. The minimum absolute atomic E-state index is 0.00444. The number of rotatable bonds is 9. The molecule has 1 aliphatic rings. The smallest absolute Gasteiger partial charge is 0.412 e. The lowest BCUT2D eigenvalue weighted by atomic mass is 9.95. The zero-order valence-electron chi connectivity index (χ0n) is 26.2. The van der Waals surface area contributed by atoms with Crippen LogP contribution in [0.4, 0.5) is 4.79 Å². The molecule has 8 heteroatoms. The number of pyridine rings is 1. The second-order valence-electron chi connectivity index (χ2n) is 13.9. The molecule has 1 aliphatic heterocycles. The molecule has 0 aliphatic carbocycles. The average Bonchev–Trinajstić information content (AvgIpc) is 3.08. The lowest BCUT2D eigenvalue weighted by Gasteiger charge is -2.41. The fourth-order valence-corrected chi connectivity index (χ4v) is 6.38. The van der Waals surface area contributed by atoms with Gasteiger partial charge in [-0.25, -0.2) is 4.79 Å². The van der Waals surface area contributed by atoms with Crippen LogP contribution in [0, 0.1) is 0 Å². The fraction of sp³-hybridized carbons (Fsp3) is 0.625. The summed E-state index contributed by atoms with van der Waals surface area (Å²) in [5.41, 5.74) is -0.421. The molecule has 1 aromatic heterocycles. The van der Waals surface area contributed by atoms with Crippen molar-refractivity contribution in [3.63, 3.8) is 0 Å². The fourth-order valence-electron chi connectivity index (χ4n) is 5.02. The third kappa shape index (κ3) is 8.08. The quantitative estimate of drug-likeness (QED) is 0.304. The van der Waals surface area contributed by atoms with Crippen LogP contribution in [0.2, 0.25) is 18.1 Å². The lowest BCUT2D eigenvalue weighted by Crippen LogP contribution is -2.53. The molecule has 1 fully saturated rings. The van der Waals surface area contributed by atoms with E-state index in [0.29, 0.717) is 19.4 Å². The van der Waals surface area contributed by atoms with Crippen LogP contribution in [0.1, 0.15) is 73.8 Å². The zero-order valence-corrected chi connectivity index (χ0v) is 27.2. The second kappa shape index (κ2) is 12.2. The Labute approximate surface area is 242 Å². The molecule has 40 heavy (non-hydrogen) atoms. The van der Waals surface area contributed by atoms with Crippen molar-refractivity contribution < 1.29 is 18.7 Å². The first kappa shape index (κ1) is 32.1. The molecule has 3 unspecified atom stereocenters. The van der Waals surface area contributed by atoms with Crippen molar-refractivity contribution in [3.05, 3.63) is 70.6 Å². The molecule has 1 amide bonds. The maximum absolute atomic E-state index is 13.7. The normalized spacial score (nSPS) is 20.4. The number of aromatic nitrogens is 1. The molecule has 0 radical (unpaired) electrons. The number of hydrogen-bond donors (Lipinski definition) is 0. The highest BCUT2D eigenvalue weighted by Crippen LogP contribution is 2.42. The summed E-state index contributed by atoms with van der Waals surface area (Å²) in [6, 6.07) is 15.1. The predicted molar refractivity (Wildman–Crippen MR) is 163 cm³/mol. The molecule has 7 nitrogen and oxygen atoms in total. The van der Waals surface area contributed by atoms with Crippen LogP contribution in [-0.4, -0.2) is 53.5 Å². The average molecular weight is 571 g/mol. The third-order valence-electron chi connectivity index (χ3n) is 8.00. The number of amides is 1. The molecule has 222 valence electrons. The summed E-state index contributed by atoms with van der Waals surface area (Å²) in [4.78, 5) is 27.8. The molecular weight excluding hydrogens is 520 g/mol. The molecule has 0 saturated carbocycles. The topological polar surface area (TPSA) is 70.0 Å². The van der Waals surface area contributed by atoms with Crippen molar-refractivity contribution in [1.29, 1.82) is 0 Å². The summed E-state index contributed by atoms with van der Waals surface area (Å²) < 4.78 is 21.5. The van der Waals surface area contributed by atoms with E-state index in [0.717, 1.165) is 12.0 Å². The number of aryl methyl sites for hydroxylation is 1. The first-order valence-corrected chi connectivity index (χ1v) is 17.4. The van der Waals surface area contributed by atoms with Crippen LogP contribution in [0.25, 0.3) is 0 Å². The molecule has 0 bridgehead atoms. The first-order chi connectivity index (χ1) is 18.4. The van der Waals surface area contributed by atoms with Gasteiger partial charge in [0, 0.05) is 18.8 Å². The summed E-state index contributed by atoms with van der Waals surface area (Å²) in [7, 11) is -2.21. The molecule has 0 N–H and O–H groups in total. The van der Waals surface area contributed by atoms with Gasteiger partial charge in [-0.05, 0) is 83.6 Å². The minimum Gasteiger partial charge on any atom is -0.444 e. The number of benzene rings is 1. The molecule has 3 atom stereocenters. The Morgan fingerprint density at radius 3 is 2.23 bits per heavy atom. The van der Waals surface area contributed by atoms with Gasteiger partial charge in [-0.3, -0.25) is 9.69 Å². The Kier molecular flexibility index (Phi) is 9.80. The predicted octanol–water partition coefficient (Wildman–Crippen LogP) is 7.00. The largest absolute Gasteiger partial charge is 0.444 e. The maximum Gasteiger partial charge on any atom is 0.412 e. The summed E-state index contributed by atoms with van der Waals surface area (Å²) in [5, 5.41) is -0.00444. The van der Waals surface area contributed by atoms with Gasteiger partial charge in [-0.15, -0.1) is 0 Å². The molecule has 2 aromatic rings.